The van der Waals surface area contributed by atoms with Crippen LogP contribution in [0.4, 0.5) is 0 Å². The van der Waals surface area contributed by atoms with Crippen LogP contribution in [0, 0.1) is 15.0 Å². The van der Waals surface area contributed by atoms with E-state index in [1.807, 2.05) is 28.7 Å². The topological polar surface area (TPSA) is 45.9 Å². The SMILES string of the molecule is COc1ccc(C#N)nc1I. The maximum absolute atomic E-state index is 8.47. The third-order valence-electron chi connectivity index (χ3n) is 1.15. The number of ether oxygens (including phenoxy) is 1. The molecule has 4 heteroatoms. The van der Waals surface area contributed by atoms with E-state index in [4.69, 9.17) is 10.00 Å². The fourth-order valence-corrected chi connectivity index (χ4v) is 1.30. The van der Waals surface area contributed by atoms with Crippen molar-refractivity contribution in [1.82, 2.24) is 4.98 Å². The molecule has 0 aliphatic rings. The Balaban J connectivity index is 3.12. The average molecular weight is 260 g/mol. The minimum Gasteiger partial charge on any atom is -0.494 e. The van der Waals surface area contributed by atoms with Crippen molar-refractivity contribution in [1.29, 1.82) is 5.26 Å². The molecule has 1 rings (SSSR count). The maximum Gasteiger partial charge on any atom is 0.150 e. The largest absolute Gasteiger partial charge is 0.494 e. The zero-order valence-corrected chi connectivity index (χ0v) is 7.99. The Kier molecular flexibility index (Phi) is 2.65. The van der Waals surface area contributed by atoms with Crippen LogP contribution < -0.4 is 4.74 Å². The van der Waals surface area contributed by atoms with E-state index < -0.39 is 0 Å². The number of nitrogens with zero attached hydrogens (tertiary/aromatic N) is 2. The van der Waals surface area contributed by atoms with Gasteiger partial charge in [-0.05, 0) is 34.7 Å². The molecule has 0 saturated carbocycles. The molecule has 0 amide bonds. The molecule has 0 aliphatic heterocycles. The van der Waals surface area contributed by atoms with Crippen LogP contribution in [0.3, 0.4) is 0 Å². The van der Waals surface area contributed by atoms with Crippen LogP contribution >= 0.6 is 22.6 Å². The molecular weight excluding hydrogens is 255 g/mol. The predicted octanol–water partition coefficient (Wildman–Crippen LogP) is 1.57. The number of methoxy groups -OCH3 is 1. The highest BCUT2D eigenvalue weighted by atomic mass is 127. The molecule has 0 spiro atoms. The predicted molar refractivity (Wildman–Crippen MR) is 48.2 cm³/mol. The molecule has 0 radical (unpaired) electrons. The first-order valence-corrected chi connectivity index (χ1v) is 3.96. The molecule has 56 valence electrons. The number of pyridine rings is 1. The van der Waals surface area contributed by atoms with Gasteiger partial charge < -0.3 is 4.74 Å². The van der Waals surface area contributed by atoms with E-state index in [1.54, 1.807) is 19.2 Å². The molecule has 3 nitrogen and oxygen atoms in total. The lowest BCUT2D eigenvalue weighted by molar-refractivity contribution is 0.409. The summed E-state index contributed by atoms with van der Waals surface area (Å²) in [5.74, 6) is 0.699. The van der Waals surface area contributed by atoms with Gasteiger partial charge in [0.05, 0.1) is 7.11 Å². The second-order valence-corrected chi connectivity index (χ2v) is 2.82. The van der Waals surface area contributed by atoms with E-state index in [2.05, 4.69) is 4.98 Å². The summed E-state index contributed by atoms with van der Waals surface area (Å²) in [6.45, 7) is 0. The van der Waals surface area contributed by atoms with Crippen molar-refractivity contribution in [2.75, 3.05) is 7.11 Å². The van der Waals surface area contributed by atoms with Crippen molar-refractivity contribution in [3.63, 3.8) is 0 Å². The Morgan fingerprint density at radius 1 is 1.64 bits per heavy atom. The minimum atomic E-state index is 0.412. The number of aromatic nitrogens is 1. The van der Waals surface area contributed by atoms with Crippen LogP contribution in [-0.2, 0) is 0 Å². The Hall–Kier alpha value is -0.830. The summed E-state index contributed by atoms with van der Waals surface area (Å²) >= 11 is 2.02. The molecule has 0 saturated heterocycles. The summed E-state index contributed by atoms with van der Waals surface area (Å²) in [4.78, 5) is 3.96. The number of hydrogen-bond acceptors (Lipinski definition) is 3. The van der Waals surface area contributed by atoms with E-state index in [0.717, 1.165) is 0 Å². The lowest BCUT2D eigenvalue weighted by Gasteiger charge is -2.00. The summed E-state index contributed by atoms with van der Waals surface area (Å²) in [7, 11) is 1.57. The van der Waals surface area contributed by atoms with Crippen LogP contribution in [0.15, 0.2) is 12.1 Å². The zero-order chi connectivity index (χ0) is 8.27. The highest BCUT2D eigenvalue weighted by Crippen LogP contribution is 2.17. The minimum absolute atomic E-state index is 0.412. The Morgan fingerprint density at radius 3 is 2.82 bits per heavy atom. The Labute approximate surface area is 78.1 Å². The molecule has 1 heterocycles. The van der Waals surface area contributed by atoms with Crippen molar-refractivity contribution in [2.24, 2.45) is 0 Å². The zero-order valence-electron chi connectivity index (χ0n) is 5.84. The molecule has 11 heavy (non-hydrogen) atoms. The molecule has 0 atom stereocenters. The monoisotopic (exact) mass is 260 g/mol. The lowest BCUT2D eigenvalue weighted by Crippen LogP contribution is -1.91. The van der Waals surface area contributed by atoms with E-state index in [0.29, 0.717) is 15.1 Å². The first-order chi connectivity index (χ1) is 5.27. The van der Waals surface area contributed by atoms with Crippen molar-refractivity contribution in [3.8, 4) is 11.8 Å². The van der Waals surface area contributed by atoms with E-state index in [1.165, 1.54) is 0 Å². The number of halogens is 1. The standard InChI is InChI=1S/C7H5IN2O/c1-11-6-3-2-5(4-9)10-7(6)8/h2-3H,1H3. The Bertz CT molecular complexity index is 306. The van der Waals surface area contributed by atoms with Crippen LogP contribution in [-0.4, -0.2) is 12.1 Å². The molecule has 0 N–H and O–H groups in total. The lowest BCUT2D eigenvalue weighted by atomic mass is 10.4. The van der Waals surface area contributed by atoms with E-state index in [-0.39, 0.29) is 0 Å². The fraction of sp³-hybridized carbons (Fsp3) is 0.143. The summed E-state index contributed by atoms with van der Waals surface area (Å²) in [5.41, 5.74) is 0.412. The van der Waals surface area contributed by atoms with Crippen molar-refractivity contribution >= 4 is 22.6 Å². The molecule has 1 aromatic rings. The first kappa shape index (κ1) is 8.27. The second-order valence-electron chi connectivity index (χ2n) is 1.80. The molecule has 0 aromatic carbocycles. The van der Waals surface area contributed by atoms with Gasteiger partial charge in [-0.15, -0.1) is 0 Å². The van der Waals surface area contributed by atoms with Gasteiger partial charge in [0, 0.05) is 0 Å². The Morgan fingerprint density at radius 2 is 2.36 bits per heavy atom. The summed E-state index contributed by atoms with van der Waals surface area (Å²) in [6, 6.07) is 5.30. The summed E-state index contributed by atoms with van der Waals surface area (Å²) in [5, 5.41) is 8.47. The fourth-order valence-electron chi connectivity index (χ4n) is 0.636. The third kappa shape index (κ3) is 1.80. The first-order valence-electron chi connectivity index (χ1n) is 2.88. The number of nitriles is 1. The van der Waals surface area contributed by atoms with Crippen molar-refractivity contribution in [3.05, 3.63) is 21.5 Å². The highest BCUT2D eigenvalue weighted by molar-refractivity contribution is 14.1. The quantitative estimate of drug-likeness (QED) is 0.568. The highest BCUT2D eigenvalue weighted by Gasteiger charge is 2.00. The van der Waals surface area contributed by atoms with E-state index >= 15 is 0 Å². The van der Waals surface area contributed by atoms with Gasteiger partial charge in [0.1, 0.15) is 15.5 Å². The smallest absolute Gasteiger partial charge is 0.150 e. The van der Waals surface area contributed by atoms with Gasteiger partial charge >= 0.3 is 0 Å². The van der Waals surface area contributed by atoms with Gasteiger partial charge in [-0.2, -0.15) is 5.26 Å². The van der Waals surface area contributed by atoms with Gasteiger partial charge in [-0.3, -0.25) is 0 Å². The molecule has 0 bridgehead atoms. The second kappa shape index (κ2) is 3.53. The number of rotatable bonds is 1. The van der Waals surface area contributed by atoms with Crippen LogP contribution in [0.2, 0.25) is 0 Å². The van der Waals surface area contributed by atoms with Gasteiger partial charge in [-0.25, -0.2) is 4.98 Å². The van der Waals surface area contributed by atoms with Gasteiger partial charge in [0.2, 0.25) is 0 Å². The van der Waals surface area contributed by atoms with Gasteiger partial charge in [0.15, 0.2) is 5.75 Å². The summed E-state index contributed by atoms with van der Waals surface area (Å²) in [6.07, 6.45) is 0. The van der Waals surface area contributed by atoms with Crippen molar-refractivity contribution < 1.29 is 4.74 Å². The van der Waals surface area contributed by atoms with Crippen LogP contribution in [0.25, 0.3) is 0 Å². The third-order valence-corrected chi connectivity index (χ3v) is 1.92. The van der Waals surface area contributed by atoms with Crippen LogP contribution in [0.5, 0.6) is 5.75 Å². The van der Waals surface area contributed by atoms with Gasteiger partial charge in [0.25, 0.3) is 0 Å². The number of hydrogen-bond donors (Lipinski definition) is 0. The van der Waals surface area contributed by atoms with Gasteiger partial charge in [-0.1, -0.05) is 0 Å². The maximum atomic E-state index is 8.47. The van der Waals surface area contributed by atoms with E-state index in [9.17, 15) is 0 Å². The molecule has 1 aromatic heterocycles. The molecular formula is C7H5IN2O. The molecule has 0 fully saturated rings. The average Bonchev–Trinajstić information content (AvgIpc) is 2.04. The molecule has 0 unspecified atom stereocenters. The normalized spacial score (nSPS) is 8.82. The molecule has 0 aliphatic carbocycles. The van der Waals surface area contributed by atoms with Crippen LogP contribution in [0.1, 0.15) is 5.69 Å². The van der Waals surface area contributed by atoms with Crippen molar-refractivity contribution in [2.45, 2.75) is 0 Å². The summed E-state index contributed by atoms with van der Waals surface area (Å²) < 4.78 is 5.68.